The predicted octanol–water partition coefficient (Wildman–Crippen LogP) is 3.02. The Kier molecular flexibility index (Phi) is 6.50. The summed E-state index contributed by atoms with van der Waals surface area (Å²) >= 11 is 0. The lowest BCUT2D eigenvalue weighted by atomic mass is 9.78. The van der Waals surface area contributed by atoms with Gasteiger partial charge in [0, 0.05) is 13.1 Å². The lowest BCUT2D eigenvalue weighted by molar-refractivity contribution is -0.152. The van der Waals surface area contributed by atoms with Crippen molar-refractivity contribution in [3.8, 4) is 0 Å². The number of hydrogen-bond donors (Lipinski definition) is 1. The average Bonchev–Trinajstić information content (AvgIpc) is 2.36. The van der Waals surface area contributed by atoms with Crippen molar-refractivity contribution in [1.29, 1.82) is 0 Å². The van der Waals surface area contributed by atoms with Gasteiger partial charge in [0.05, 0.1) is 11.8 Å². The lowest BCUT2D eigenvalue weighted by Gasteiger charge is -2.34. The number of nitrogens with zero attached hydrogens (tertiary/aromatic N) is 1. The lowest BCUT2D eigenvalue weighted by Crippen LogP contribution is -2.45. The summed E-state index contributed by atoms with van der Waals surface area (Å²) in [5.41, 5.74) is 0. The molecule has 0 aromatic carbocycles. The molecule has 2 atom stereocenters. The molecule has 0 saturated heterocycles. The van der Waals surface area contributed by atoms with E-state index in [-0.39, 0.29) is 11.8 Å². The second-order valence-electron chi connectivity index (χ2n) is 6.87. The number of carboxylic acid groups (broad SMARTS) is 1. The van der Waals surface area contributed by atoms with Crippen LogP contribution < -0.4 is 0 Å². The van der Waals surface area contributed by atoms with Gasteiger partial charge in [0.2, 0.25) is 5.91 Å². The fourth-order valence-electron chi connectivity index (χ4n) is 3.09. The Hall–Kier alpha value is -1.06. The van der Waals surface area contributed by atoms with E-state index in [4.69, 9.17) is 0 Å². The maximum Gasteiger partial charge on any atom is 0.307 e. The van der Waals surface area contributed by atoms with Crippen molar-refractivity contribution < 1.29 is 14.7 Å². The molecule has 116 valence electrons. The molecule has 1 fully saturated rings. The van der Waals surface area contributed by atoms with Gasteiger partial charge in [-0.2, -0.15) is 0 Å². The Morgan fingerprint density at radius 2 is 1.45 bits per heavy atom. The van der Waals surface area contributed by atoms with Gasteiger partial charge in [0.15, 0.2) is 0 Å². The molecule has 0 unspecified atom stereocenters. The highest BCUT2D eigenvalue weighted by molar-refractivity contribution is 5.85. The highest BCUT2D eigenvalue weighted by atomic mass is 16.4. The topological polar surface area (TPSA) is 57.6 Å². The van der Waals surface area contributed by atoms with Crippen LogP contribution in [0, 0.1) is 23.7 Å². The number of aliphatic carboxylic acids is 1. The summed E-state index contributed by atoms with van der Waals surface area (Å²) in [6.07, 6.45) is 3.26. The molecule has 1 rings (SSSR count). The van der Waals surface area contributed by atoms with E-state index in [1.165, 1.54) is 0 Å². The van der Waals surface area contributed by atoms with Crippen LogP contribution in [-0.2, 0) is 9.59 Å². The van der Waals surface area contributed by atoms with Gasteiger partial charge in [-0.3, -0.25) is 9.59 Å². The molecule has 4 nitrogen and oxygen atoms in total. The summed E-state index contributed by atoms with van der Waals surface area (Å²) in [7, 11) is 0. The molecule has 20 heavy (non-hydrogen) atoms. The zero-order valence-corrected chi connectivity index (χ0v) is 13.3. The van der Waals surface area contributed by atoms with Crippen LogP contribution in [-0.4, -0.2) is 35.0 Å². The molecule has 1 N–H and O–H groups in total. The Bertz CT molecular complexity index is 329. The number of carbonyl (C=O) groups excluding carboxylic acids is 1. The first-order valence-corrected chi connectivity index (χ1v) is 7.84. The van der Waals surface area contributed by atoms with E-state index in [1.807, 2.05) is 4.90 Å². The first-order valence-electron chi connectivity index (χ1n) is 7.84. The van der Waals surface area contributed by atoms with Gasteiger partial charge in [0.1, 0.15) is 0 Å². The van der Waals surface area contributed by atoms with Crippen molar-refractivity contribution in [1.82, 2.24) is 4.90 Å². The Morgan fingerprint density at radius 1 is 1.00 bits per heavy atom. The predicted molar refractivity (Wildman–Crippen MR) is 79.3 cm³/mol. The van der Waals surface area contributed by atoms with Crippen molar-refractivity contribution in [2.45, 2.75) is 53.4 Å². The van der Waals surface area contributed by atoms with Gasteiger partial charge in [-0.15, -0.1) is 0 Å². The van der Waals surface area contributed by atoms with Crippen LogP contribution in [0.5, 0.6) is 0 Å². The fourth-order valence-corrected chi connectivity index (χ4v) is 3.09. The maximum absolute atomic E-state index is 12.7. The number of carbonyl (C=O) groups is 2. The minimum atomic E-state index is -0.808. The number of amides is 1. The van der Waals surface area contributed by atoms with Crippen molar-refractivity contribution in [3.63, 3.8) is 0 Å². The number of carboxylic acids is 1. The molecule has 0 aromatic rings. The fraction of sp³-hybridized carbons (Fsp3) is 0.875. The number of rotatable bonds is 6. The van der Waals surface area contributed by atoms with E-state index in [1.54, 1.807) is 0 Å². The van der Waals surface area contributed by atoms with Crippen LogP contribution >= 0.6 is 0 Å². The second kappa shape index (κ2) is 7.65. The van der Waals surface area contributed by atoms with Crippen LogP contribution in [0.25, 0.3) is 0 Å². The van der Waals surface area contributed by atoms with Gasteiger partial charge >= 0.3 is 5.97 Å². The van der Waals surface area contributed by atoms with Crippen LogP contribution in [0.2, 0.25) is 0 Å². The second-order valence-corrected chi connectivity index (χ2v) is 6.87. The highest BCUT2D eigenvalue weighted by Gasteiger charge is 2.37. The molecule has 0 bridgehead atoms. The largest absolute Gasteiger partial charge is 0.481 e. The van der Waals surface area contributed by atoms with Crippen LogP contribution in [0.15, 0.2) is 0 Å². The first kappa shape index (κ1) is 17.0. The standard InChI is InChI=1S/C16H29NO3/c1-11(2)9-17(10-12(3)4)15(18)13-7-5-6-8-14(13)16(19)20/h11-14H,5-10H2,1-4H3,(H,19,20)/t13-,14+/m0/s1. The van der Waals surface area contributed by atoms with Crippen molar-refractivity contribution >= 4 is 11.9 Å². The minimum absolute atomic E-state index is 0.0551. The van der Waals surface area contributed by atoms with Gasteiger partial charge in [-0.1, -0.05) is 40.5 Å². The summed E-state index contributed by atoms with van der Waals surface area (Å²) in [6, 6.07) is 0. The summed E-state index contributed by atoms with van der Waals surface area (Å²) in [5, 5.41) is 9.33. The Morgan fingerprint density at radius 3 is 1.85 bits per heavy atom. The number of hydrogen-bond acceptors (Lipinski definition) is 2. The van der Waals surface area contributed by atoms with E-state index in [0.717, 1.165) is 32.4 Å². The van der Waals surface area contributed by atoms with E-state index >= 15 is 0 Å². The summed E-state index contributed by atoms with van der Waals surface area (Å²) < 4.78 is 0. The van der Waals surface area contributed by atoms with Crippen molar-refractivity contribution in [2.24, 2.45) is 23.7 Å². The SMILES string of the molecule is CC(C)CN(CC(C)C)C(=O)[C@H]1CCCC[C@H]1C(=O)O. The quantitative estimate of drug-likeness (QED) is 0.815. The minimum Gasteiger partial charge on any atom is -0.481 e. The zero-order chi connectivity index (χ0) is 15.3. The molecule has 0 heterocycles. The monoisotopic (exact) mass is 283 g/mol. The molecule has 0 aromatic heterocycles. The van der Waals surface area contributed by atoms with Gasteiger partial charge in [-0.25, -0.2) is 0 Å². The maximum atomic E-state index is 12.7. The molecule has 1 saturated carbocycles. The highest BCUT2D eigenvalue weighted by Crippen LogP contribution is 2.32. The van der Waals surface area contributed by atoms with Crippen LogP contribution in [0.1, 0.15) is 53.4 Å². The van der Waals surface area contributed by atoms with Crippen molar-refractivity contribution in [3.05, 3.63) is 0 Å². The van der Waals surface area contributed by atoms with Crippen LogP contribution in [0.3, 0.4) is 0 Å². The molecule has 4 heteroatoms. The molecule has 0 spiro atoms. The first-order chi connectivity index (χ1) is 9.32. The molecule has 1 aliphatic rings. The van der Waals surface area contributed by atoms with Crippen LogP contribution in [0.4, 0.5) is 0 Å². The molecule has 0 radical (unpaired) electrons. The third kappa shape index (κ3) is 4.80. The van der Waals surface area contributed by atoms with E-state index < -0.39 is 11.9 Å². The van der Waals surface area contributed by atoms with E-state index in [0.29, 0.717) is 18.3 Å². The third-order valence-electron chi connectivity index (χ3n) is 3.88. The van der Waals surface area contributed by atoms with Gasteiger partial charge < -0.3 is 10.0 Å². The molecular weight excluding hydrogens is 254 g/mol. The summed E-state index contributed by atoms with van der Waals surface area (Å²) in [6.45, 7) is 9.82. The summed E-state index contributed by atoms with van der Waals surface area (Å²) in [5.74, 6) is -0.748. The molecule has 1 aliphatic carbocycles. The smallest absolute Gasteiger partial charge is 0.307 e. The van der Waals surface area contributed by atoms with E-state index in [2.05, 4.69) is 27.7 Å². The molecule has 0 aliphatic heterocycles. The van der Waals surface area contributed by atoms with Crippen molar-refractivity contribution in [2.75, 3.05) is 13.1 Å². The Balaban J connectivity index is 2.82. The van der Waals surface area contributed by atoms with Gasteiger partial charge in [0.25, 0.3) is 0 Å². The molecule has 1 amide bonds. The van der Waals surface area contributed by atoms with E-state index in [9.17, 15) is 14.7 Å². The third-order valence-corrected chi connectivity index (χ3v) is 3.88. The average molecular weight is 283 g/mol. The summed E-state index contributed by atoms with van der Waals surface area (Å²) in [4.78, 5) is 26.0. The Labute approximate surface area is 122 Å². The zero-order valence-electron chi connectivity index (χ0n) is 13.3. The van der Waals surface area contributed by atoms with Gasteiger partial charge in [-0.05, 0) is 24.7 Å². The molecular formula is C16H29NO3. The normalized spacial score (nSPS) is 23.1.